The summed E-state index contributed by atoms with van der Waals surface area (Å²) >= 11 is 1.36. The molecular weight excluding hydrogens is 236 g/mol. The van der Waals surface area contributed by atoms with E-state index in [1.807, 2.05) is 18.2 Å². The summed E-state index contributed by atoms with van der Waals surface area (Å²) in [6.45, 7) is 1.32. The Kier molecular flexibility index (Phi) is 4.40. The molecular formula is C11H14N4OS. The number of anilines is 1. The van der Waals surface area contributed by atoms with E-state index in [4.69, 9.17) is 4.74 Å². The second-order valence-corrected chi connectivity index (χ2v) is 4.19. The first-order chi connectivity index (χ1) is 8.38. The first kappa shape index (κ1) is 11.9. The molecule has 0 saturated heterocycles. The molecule has 0 unspecified atom stereocenters. The van der Waals surface area contributed by atoms with Crippen molar-refractivity contribution in [1.82, 2.24) is 14.3 Å². The van der Waals surface area contributed by atoms with Crippen LogP contribution in [0.1, 0.15) is 11.5 Å². The van der Waals surface area contributed by atoms with Gasteiger partial charge in [0, 0.05) is 31.3 Å². The predicted octanol–water partition coefficient (Wildman–Crippen LogP) is 1.73. The molecule has 0 aromatic carbocycles. The molecule has 2 heterocycles. The highest BCUT2D eigenvalue weighted by molar-refractivity contribution is 7.09. The molecule has 0 aliphatic heterocycles. The number of aromatic nitrogens is 3. The fourth-order valence-corrected chi connectivity index (χ4v) is 1.90. The van der Waals surface area contributed by atoms with Gasteiger partial charge in [0.2, 0.25) is 5.13 Å². The van der Waals surface area contributed by atoms with Crippen LogP contribution in [0.2, 0.25) is 0 Å². The van der Waals surface area contributed by atoms with Crippen molar-refractivity contribution in [1.29, 1.82) is 0 Å². The molecule has 0 aliphatic rings. The normalized spacial score (nSPS) is 10.4. The maximum absolute atomic E-state index is 4.98. The molecule has 2 aromatic rings. The summed E-state index contributed by atoms with van der Waals surface area (Å²) in [7, 11) is 1.67. The highest BCUT2D eigenvalue weighted by atomic mass is 32.1. The van der Waals surface area contributed by atoms with Gasteiger partial charge in [0.05, 0.1) is 18.8 Å². The molecule has 90 valence electrons. The number of nitrogens with one attached hydrogen (secondary N) is 1. The van der Waals surface area contributed by atoms with Gasteiger partial charge >= 0.3 is 0 Å². The number of methoxy groups -OCH3 is 1. The van der Waals surface area contributed by atoms with Crippen LogP contribution >= 0.6 is 11.5 Å². The van der Waals surface area contributed by atoms with Crippen LogP contribution < -0.4 is 5.32 Å². The van der Waals surface area contributed by atoms with Gasteiger partial charge in [-0.05, 0) is 12.1 Å². The van der Waals surface area contributed by atoms with Crippen LogP contribution in [0.15, 0.2) is 24.4 Å². The van der Waals surface area contributed by atoms with E-state index in [2.05, 4.69) is 19.7 Å². The molecule has 0 aliphatic carbocycles. The Bertz CT molecular complexity index is 446. The van der Waals surface area contributed by atoms with Crippen molar-refractivity contribution in [2.24, 2.45) is 0 Å². The number of hydrogen-bond acceptors (Lipinski definition) is 6. The van der Waals surface area contributed by atoms with Crippen molar-refractivity contribution in [2.45, 2.75) is 13.0 Å². The molecule has 2 aromatic heterocycles. The Balaban J connectivity index is 1.85. The van der Waals surface area contributed by atoms with Crippen molar-refractivity contribution in [3.8, 4) is 0 Å². The molecule has 5 nitrogen and oxygen atoms in total. The van der Waals surface area contributed by atoms with Crippen molar-refractivity contribution < 1.29 is 4.74 Å². The standard InChI is InChI=1S/C11H14N4OS/c1-16-7-5-10-14-11(17-15-10)13-8-9-4-2-3-6-12-9/h2-4,6H,5,7-8H2,1H3,(H,13,14,15). The van der Waals surface area contributed by atoms with E-state index in [0.29, 0.717) is 13.2 Å². The smallest absolute Gasteiger partial charge is 0.202 e. The molecule has 6 heteroatoms. The molecule has 0 bridgehead atoms. The third-order valence-corrected chi connectivity index (χ3v) is 2.86. The Morgan fingerprint density at radius 1 is 1.41 bits per heavy atom. The van der Waals surface area contributed by atoms with Gasteiger partial charge < -0.3 is 10.1 Å². The minimum atomic E-state index is 0.649. The Morgan fingerprint density at radius 2 is 2.35 bits per heavy atom. The number of ether oxygens (including phenoxy) is 1. The lowest BCUT2D eigenvalue weighted by molar-refractivity contribution is 0.201. The predicted molar refractivity (Wildman–Crippen MR) is 67.1 cm³/mol. The van der Waals surface area contributed by atoms with Crippen LogP contribution in [-0.4, -0.2) is 28.1 Å². The van der Waals surface area contributed by atoms with E-state index < -0.39 is 0 Å². The fourth-order valence-electron chi connectivity index (χ4n) is 1.29. The summed E-state index contributed by atoms with van der Waals surface area (Å²) in [5, 5.41) is 4.02. The minimum Gasteiger partial charge on any atom is -0.384 e. The Morgan fingerprint density at radius 3 is 3.12 bits per heavy atom. The van der Waals surface area contributed by atoms with Crippen molar-refractivity contribution in [3.63, 3.8) is 0 Å². The van der Waals surface area contributed by atoms with Gasteiger partial charge in [-0.1, -0.05) is 6.07 Å². The summed E-state index contributed by atoms with van der Waals surface area (Å²) in [5.74, 6) is 0.820. The molecule has 1 N–H and O–H groups in total. The highest BCUT2D eigenvalue weighted by Crippen LogP contribution is 2.12. The largest absolute Gasteiger partial charge is 0.384 e. The minimum absolute atomic E-state index is 0.649. The van der Waals surface area contributed by atoms with Gasteiger partial charge in [0.15, 0.2) is 0 Å². The molecule has 0 fully saturated rings. The highest BCUT2D eigenvalue weighted by Gasteiger charge is 2.03. The molecule has 0 atom stereocenters. The Hall–Kier alpha value is -1.53. The second kappa shape index (κ2) is 6.27. The molecule has 0 saturated carbocycles. The van der Waals surface area contributed by atoms with Gasteiger partial charge in [0.1, 0.15) is 5.82 Å². The van der Waals surface area contributed by atoms with Gasteiger partial charge in [0.25, 0.3) is 0 Å². The Labute approximate surface area is 104 Å². The van der Waals surface area contributed by atoms with Gasteiger partial charge in [-0.25, -0.2) is 4.98 Å². The third-order valence-electron chi connectivity index (χ3n) is 2.14. The lowest BCUT2D eigenvalue weighted by atomic mass is 10.3. The summed E-state index contributed by atoms with van der Waals surface area (Å²) in [6, 6.07) is 5.84. The quantitative estimate of drug-likeness (QED) is 0.846. The zero-order valence-corrected chi connectivity index (χ0v) is 10.4. The van der Waals surface area contributed by atoms with E-state index >= 15 is 0 Å². The number of pyridine rings is 1. The zero-order valence-electron chi connectivity index (χ0n) is 9.59. The first-order valence-electron chi connectivity index (χ1n) is 5.34. The number of nitrogens with zero attached hydrogens (tertiary/aromatic N) is 3. The molecule has 2 rings (SSSR count). The van der Waals surface area contributed by atoms with Crippen molar-refractivity contribution >= 4 is 16.7 Å². The fraction of sp³-hybridized carbons (Fsp3) is 0.364. The number of rotatable bonds is 6. The molecule has 0 radical (unpaired) electrons. The van der Waals surface area contributed by atoms with E-state index in [-0.39, 0.29) is 0 Å². The lowest BCUT2D eigenvalue weighted by Gasteiger charge is -2.00. The summed E-state index contributed by atoms with van der Waals surface area (Å²) in [5.41, 5.74) is 0.987. The second-order valence-electron chi connectivity index (χ2n) is 3.43. The maximum atomic E-state index is 4.98. The molecule has 0 amide bonds. The average Bonchev–Trinajstić information content (AvgIpc) is 2.83. The van der Waals surface area contributed by atoms with E-state index in [1.54, 1.807) is 13.3 Å². The molecule has 0 spiro atoms. The zero-order chi connectivity index (χ0) is 11.9. The van der Waals surface area contributed by atoms with E-state index in [9.17, 15) is 0 Å². The summed E-state index contributed by atoms with van der Waals surface area (Å²) in [6.07, 6.45) is 2.53. The van der Waals surface area contributed by atoms with Crippen LogP contribution in [0.5, 0.6) is 0 Å². The summed E-state index contributed by atoms with van der Waals surface area (Å²) in [4.78, 5) is 8.58. The van der Waals surface area contributed by atoms with Crippen LogP contribution in [0.25, 0.3) is 0 Å². The monoisotopic (exact) mass is 250 g/mol. The van der Waals surface area contributed by atoms with Crippen LogP contribution in [-0.2, 0) is 17.7 Å². The van der Waals surface area contributed by atoms with Crippen LogP contribution in [0.4, 0.5) is 5.13 Å². The SMILES string of the molecule is COCCc1nsc(NCc2ccccn2)n1. The lowest BCUT2D eigenvalue weighted by Crippen LogP contribution is -2.01. The van der Waals surface area contributed by atoms with E-state index in [1.165, 1.54) is 11.5 Å². The first-order valence-corrected chi connectivity index (χ1v) is 6.11. The molecule has 17 heavy (non-hydrogen) atoms. The van der Waals surface area contributed by atoms with Crippen LogP contribution in [0, 0.1) is 0 Å². The van der Waals surface area contributed by atoms with Crippen molar-refractivity contribution in [3.05, 3.63) is 35.9 Å². The summed E-state index contributed by atoms with van der Waals surface area (Å²) < 4.78 is 9.21. The van der Waals surface area contributed by atoms with Gasteiger partial charge in [-0.15, -0.1) is 0 Å². The maximum Gasteiger partial charge on any atom is 0.202 e. The van der Waals surface area contributed by atoms with Gasteiger partial charge in [-0.2, -0.15) is 4.37 Å². The average molecular weight is 250 g/mol. The van der Waals surface area contributed by atoms with Gasteiger partial charge in [-0.3, -0.25) is 4.98 Å². The van der Waals surface area contributed by atoms with Crippen LogP contribution in [0.3, 0.4) is 0 Å². The third kappa shape index (κ3) is 3.76. The van der Waals surface area contributed by atoms with E-state index in [0.717, 1.165) is 23.1 Å². The van der Waals surface area contributed by atoms with Crippen molar-refractivity contribution in [2.75, 3.05) is 19.0 Å². The topological polar surface area (TPSA) is 59.9 Å². The number of hydrogen-bond donors (Lipinski definition) is 1.